The first-order chi connectivity index (χ1) is 6.74. The minimum atomic E-state index is -0.953. The van der Waals surface area contributed by atoms with Crippen molar-refractivity contribution in [3.05, 3.63) is 23.1 Å². The maximum atomic E-state index is 10.8. The highest BCUT2D eigenvalue weighted by atomic mass is 32.1. The van der Waals surface area contributed by atoms with Gasteiger partial charge in [0.2, 0.25) is 0 Å². The number of nitrogens with zero attached hydrogens (tertiary/aromatic N) is 1. The molecule has 1 aromatic heterocycles. The Morgan fingerprint density at radius 1 is 1.57 bits per heavy atom. The standard InChI is InChI=1S/C9H7NO3S/c1-13-6-4-2-3-5-7(6)10-14-8(5)9(11)12/h2-4H,1H3,(H,11,12). The zero-order valence-electron chi connectivity index (χ0n) is 7.35. The first-order valence-corrected chi connectivity index (χ1v) is 4.67. The van der Waals surface area contributed by atoms with E-state index in [2.05, 4.69) is 4.37 Å². The van der Waals surface area contributed by atoms with E-state index in [0.717, 1.165) is 11.5 Å². The lowest BCUT2D eigenvalue weighted by molar-refractivity contribution is 0.0704. The molecule has 4 nitrogen and oxygen atoms in total. The summed E-state index contributed by atoms with van der Waals surface area (Å²) in [6, 6.07) is 5.24. The summed E-state index contributed by atoms with van der Waals surface area (Å²) in [5.74, 6) is -0.350. The number of hydrogen-bond donors (Lipinski definition) is 1. The van der Waals surface area contributed by atoms with Crippen LogP contribution in [0.5, 0.6) is 5.75 Å². The van der Waals surface area contributed by atoms with Gasteiger partial charge in [-0.2, -0.15) is 4.37 Å². The van der Waals surface area contributed by atoms with Gasteiger partial charge in [0.1, 0.15) is 16.1 Å². The van der Waals surface area contributed by atoms with Crippen molar-refractivity contribution in [3.63, 3.8) is 0 Å². The van der Waals surface area contributed by atoms with E-state index in [1.807, 2.05) is 0 Å². The van der Waals surface area contributed by atoms with Crippen LogP contribution < -0.4 is 4.74 Å². The zero-order chi connectivity index (χ0) is 10.1. The fourth-order valence-corrected chi connectivity index (χ4v) is 1.97. The molecule has 5 heteroatoms. The van der Waals surface area contributed by atoms with Crippen LogP contribution in [0.2, 0.25) is 0 Å². The minimum Gasteiger partial charge on any atom is -0.494 e. The Morgan fingerprint density at radius 2 is 2.36 bits per heavy atom. The van der Waals surface area contributed by atoms with Crippen molar-refractivity contribution in [1.29, 1.82) is 0 Å². The smallest absolute Gasteiger partial charge is 0.348 e. The number of carboxylic acids is 1. The highest BCUT2D eigenvalue weighted by molar-refractivity contribution is 7.09. The van der Waals surface area contributed by atoms with Crippen LogP contribution in [0, 0.1) is 0 Å². The molecular formula is C9H7NO3S. The van der Waals surface area contributed by atoms with Gasteiger partial charge >= 0.3 is 5.97 Å². The molecule has 0 spiro atoms. The predicted molar refractivity (Wildman–Crippen MR) is 53.1 cm³/mol. The molecule has 0 radical (unpaired) electrons. The monoisotopic (exact) mass is 209 g/mol. The van der Waals surface area contributed by atoms with Gasteiger partial charge < -0.3 is 9.84 Å². The molecule has 0 unspecified atom stereocenters. The van der Waals surface area contributed by atoms with Crippen LogP contribution in [-0.4, -0.2) is 22.6 Å². The van der Waals surface area contributed by atoms with E-state index in [4.69, 9.17) is 9.84 Å². The molecule has 0 bridgehead atoms. The van der Waals surface area contributed by atoms with Gasteiger partial charge in [-0.1, -0.05) is 12.1 Å². The van der Waals surface area contributed by atoms with Gasteiger partial charge in [0, 0.05) is 5.39 Å². The third-order valence-electron chi connectivity index (χ3n) is 1.89. The molecule has 1 heterocycles. The molecule has 0 aliphatic rings. The Kier molecular flexibility index (Phi) is 2.09. The Bertz CT molecular complexity index is 492. The first-order valence-electron chi connectivity index (χ1n) is 3.89. The molecule has 0 aliphatic carbocycles. The van der Waals surface area contributed by atoms with Crippen molar-refractivity contribution in [2.45, 2.75) is 0 Å². The van der Waals surface area contributed by atoms with E-state index >= 15 is 0 Å². The molecule has 1 N–H and O–H groups in total. The summed E-state index contributed by atoms with van der Waals surface area (Å²) in [6.45, 7) is 0. The lowest BCUT2D eigenvalue weighted by atomic mass is 10.2. The minimum absolute atomic E-state index is 0.249. The molecule has 0 atom stereocenters. The van der Waals surface area contributed by atoms with E-state index in [9.17, 15) is 4.79 Å². The molecule has 72 valence electrons. The Labute approximate surface area is 83.9 Å². The van der Waals surface area contributed by atoms with Crippen molar-refractivity contribution < 1.29 is 14.6 Å². The van der Waals surface area contributed by atoms with Gasteiger partial charge in [0.25, 0.3) is 0 Å². The number of benzene rings is 1. The summed E-state index contributed by atoms with van der Waals surface area (Å²) in [5, 5.41) is 9.49. The third-order valence-corrected chi connectivity index (χ3v) is 2.74. The number of hydrogen-bond acceptors (Lipinski definition) is 4. The van der Waals surface area contributed by atoms with E-state index in [0.29, 0.717) is 16.7 Å². The second kappa shape index (κ2) is 3.26. The molecule has 0 fully saturated rings. The van der Waals surface area contributed by atoms with Crippen LogP contribution in [0.4, 0.5) is 0 Å². The van der Waals surface area contributed by atoms with Crippen LogP contribution in [0.1, 0.15) is 9.67 Å². The van der Waals surface area contributed by atoms with Crippen LogP contribution >= 0.6 is 11.5 Å². The van der Waals surface area contributed by atoms with E-state index in [-0.39, 0.29) is 4.88 Å². The second-order valence-corrected chi connectivity index (χ2v) is 3.45. The van der Waals surface area contributed by atoms with Crippen molar-refractivity contribution in [1.82, 2.24) is 4.37 Å². The average molecular weight is 209 g/mol. The lowest BCUT2D eigenvalue weighted by Crippen LogP contribution is -1.92. The summed E-state index contributed by atoms with van der Waals surface area (Å²) < 4.78 is 9.12. The van der Waals surface area contributed by atoms with Gasteiger partial charge in [-0.15, -0.1) is 0 Å². The molecule has 0 saturated heterocycles. The summed E-state index contributed by atoms with van der Waals surface area (Å²) in [6.07, 6.45) is 0. The summed E-state index contributed by atoms with van der Waals surface area (Å²) >= 11 is 0.971. The van der Waals surface area contributed by atoms with E-state index in [1.165, 1.54) is 7.11 Å². The number of rotatable bonds is 2. The van der Waals surface area contributed by atoms with Crippen molar-refractivity contribution in [2.24, 2.45) is 0 Å². The molecule has 0 saturated carbocycles. The number of aromatic carboxylic acids is 1. The molecule has 0 amide bonds. The van der Waals surface area contributed by atoms with Gasteiger partial charge in [0.15, 0.2) is 0 Å². The normalized spacial score (nSPS) is 10.4. The lowest BCUT2D eigenvalue weighted by Gasteiger charge is -1.98. The highest BCUT2D eigenvalue weighted by Crippen LogP contribution is 2.29. The first kappa shape index (κ1) is 8.96. The molecular weight excluding hydrogens is 202 g/mol. The molecule has 1 aromatic carbocycles. The fourth-order valence-electron chi connectivity index (χ4n) is 1.26. The zero-order valence-corrected chi connectivity index (χ0v) is 8.17. The number of aromatic nitrogens is 1. The second-order valence-electron chi connectivity index (χ2n) is 2.67. The number of carboxylic acid groups (broad SMARTS) is 1. The van der Waals surface area contributed by atoms with Gasteiger partial charge in [0.05, 0.1) is 7.11 Å². The summed E-state index contributed by atoms with van der Waals surface area (Å²) in [4.78, 5) is 11.1. The molecule has 0 aliphatic heterocycles. The third kappa shape index (κ3) is 1.22. The Balaban J connectivity index is 2.75. The predicted octanol–water partition coefficient (Wildman–Crippen LogP) is 2.00. The van der Waals surface area contributed by atoms with E-state index in [1.54, 1.807) is 18.2 Å². The number of methoxy groups -OCH3 is 1. The van der Waals surface area contributed by atoms with Gasteiger partial charge in [-0.05, 0) is 17.6 Å². The number of ether oxygens (including phenoxy) is 1. The van der Waals surface area contributed by atoms with Crippen molar-refractivity contribution in [2.75, 3.05) is 7.11 Å². The SMILES string of the molecule is COc1cccc2c(C(=O)O)snc12. The number of fused-ring (bicyclic) bond motifs is 1. The highest BCUT2D eigenvalue weighted by Gasteiger charge is 2.14. The maximum Gasteiger partial charge on any atom is 0.348 e. The van der Waals surface area contributed by atoms with Crippen molar-refractivity contribution in [3.8, 4) is 5.75 Å². The Hall–Kier alpha value is -1.62. The average Bonchev–Trinajstić information content (AvgIpc) is 2.60. The quantitative estimate of drug-likeness (QED) is 0.821. The van der Waals surface area contributed by atoms with Crippen LogP contribution in [0.15, 0.2) is 18.2 Å². The van der Waals surface area contributed by atoms with Crippen LogP contribution in [-0.2, 0) is 0 Å². The van der Waals surface area contributed by atoms with Crippen molar-refractivity contribution >= 4 is 28.4 Å². The number of carbonyl (C=O) groups is 1. The van der Waals surface area contributed by atoms with Gasteiger partial charge in [-0.3, -0.25) is 0 Å². The topological polar surface area (TPSA) is 59.4 Å². The molecule has 14 heavy (non-hydrogen) atoms. The molecule has 2 rings (SSSR count). The summed E-state index contributed by atoms with van der Waals surface area (Å²) in [7, 11) is 1.54. The van der Waals surface area contributed by atoms with E-state index < -0.39 is 5.97 Å². The fraction of sp³-hybridized carbons (Fsp3) is 0.111. The summed E-state index contributed by atoms with van der Waals surface area (Å²) in [5.41, 5.74) is 0.609. The molecule has 2 aromatic rings. The van der Waals surface area contributed by atoms with Gasteiger partial charge in [-0.25, -0.2) is 4.79 Å². The maximum absolute atomic E-state index is 10.8. The van der Waals surface area contributed by atoms with Crippen LogP contribution in [0.3, 0.4) is 0 Å². The Morgan fingerprint density at radius 3 is 3.00 bits per heavy atom. The van der Waals surface area contributed by atoms with Crippen LogP contribution in [0.25, 0.3) is 10.9 Å². The largest absolute Gasteiger partial charge is 0.494 e.